The van der Waals surface area contributed by atoms with Crippen molar-refractivity contribution in [2.75, 3.05) is 7.11 Å². The van der Waals surface area contributed by atoms with Crippen molar-refractivity contribution in [1.29, 1.82) is 0 Å². The Morgan fingerprint density at radius 1 is 1.45 bits per heavy atom. The van der Waals surface area contributed by atoms with E-state index in [0.717, 1.165) is 31.5 Å². The zero-order chi connectivity index (χ0) is 14.8. The highest BCUT2D eigenvalue weighted by Gasteiger charge is 2.37. The Morgan fingerprint density at radius 3 is 2.80 bits per heavy atom. The lowest BCUT2D eigenvalue weighted by Gasteiger charge is -2.38. The first-order valence-corrected chi connectivity index (χ1v) is 7.04. The summed E-state index contributed by atoms with van der Waals surface area (Å²) in [6.07, 6.45) is 3.58. The summed E-state index contributed by atoms with van der Waals surface area (Å²) in [6.45, 7) is 2.88. The minimum atomic E-state index is -0.769. The zero-order valence-electron chi connectivity index (χ0n) is 12.0. The third-order valence-electron chi connectivity index (χ3n) is 4.45. The lowest BCUT2D eigenvalue weighted by atomic mass is 9.72. The van der Waals surface area contributed by atoms with Crippen LogP contribution in [-0.2, 0) is 21.5 Å². The molecule has 1 aromatic heterocycles. The second kappa shape index (κ2) is 5.69. The third kappa shape index (κ3) is 2.44. The number of nitrogens with zero attached hydrogens (tertiary/aromatic N) is 1. The molecule has 0 aromatic carbocycles. The number of esters is 1. The second-order valence-electron chi connectivity index (χ2n) is 5.38. The minimum Gasteiger partial charge on any atom is -0.481 e. The van der Waals surface area contributed by atoms with Crippen LogP contribution >= 0.6 is 0 Å². The number of aliphatic carboxylic acids is 1. The predicted octanol–water partition coefficient (Wildman–Crippen LogP) is 2.58. The maximum atomic E-state index is 11.8. The molecule has 0 bridgehead atoms. The van der Waals surface area contributed by atoms with Crippen LogP contribution in [0.15, 0.2) is 12.1 Å². The molecule has 2 heterocycles. The number of carboxylic acids is 1. The summed E-state index contributed by atoms with van der Waals surface area (Å²) in [6, 6.07) is 3.74. The lowest BCUT2D eigenvalue weighted by Crippen LogP contribution is -2.34. The molecule has 110 valence electrons. The van der Waals surface area contributed by atoms with Gasteiger partial charge in [0, 0.05) is 24.1 Å². The molecular formula is C15H21NO4. The minimum absolute atomic E-state index is 0.136. The van der Waals surface area contributed by atoms with E-state index in [9.17, 15) is 9.59 Å². The molecule has 1 aromatic rings. The highest BCUT2D eigenvalue weighted by molar-refractivity contribution is 5.88. The van der Waals surface area contributed by atoms with Gasteiger partial charge in [-0.1, -0.05) is 6.92 Å². The number of rotatable bonds is 5. The maximum absolute atomic E-state index is 11.8. The number of fused-ring (bicyclic) bond motifs is 1. The first-order valence-electron chi connectivity index (χ1n) is 7.04. The fraction of sp³-hybridized carbons (Fsp3) is 0.600. The smallest absolute Gasteiger partial charge is 0.354 e. The highest BCUT2D eigenvalue weighted by Crippen LogP contribution is 2.41. The van der Waals surface area contributed by atoms with Crippen LogP contribution < -0.4 is 0 Å². The fourth-order valence-electron chi connectivity index (χ4n) is 3.29. The Bertz CT molecular complexity index is 520. The van der Waals surface area contributed by atoms with Gasteiger partial charge in [0.15, 0.2) is 0 Å². The molecule has 0 radical (unpaired) electrons. The number of carboxylic acid groups (broad SMARTS) is 1. The maximum Gasteiger partial charge on any atom is 0.354 e. The van der Waals surface area contributed by atoms with Gasteiger partial charge in [0.1, 0.15) is 5.69 Å². The van der Waals surface area contributed by atoms with Gasteiger partial charge >= 0.3 is 11.9 Å². The monoisotopic (exact) mass is 279 g/mol. The van der Waals surface area contributed by atoms with Crippen LogP contribution in [0.5, 0.6) is 0 Å². The van der Waals surface area contributed by atoms with Crippen LogP contribution in [-0.4, -0.2) is 28.7 Å². The van der Waals surface area contributed by atoms with Gasteiger partial charge in [0.2, 0.25) is 0 Å². The number of aromatic nitrogens is 1. The van der Waals surface area contributed by atoms with Crippen LogP contribution in [0.2, 0.25) is 0 Å². The standard InChI is InChI=1S/C15H21NO4/c1-3-15(9-7-13(17)18)8-4-10-16-11(14(19)20-2)5-6-12(15)16/h5-6H,3-4,7-10H2,1-2H3,(H,17,18). The zero-order valence-corrected chi connectivity index (χ0v) is 12.0. The van der Waals surface area contributed by atoms with Crippen molar-refractivity contribution in [3.8, 4) is 0 Å². The van der Waals surface area contributed by atoms with Crippen LogP contribution in [0.3, 0.4) is 0 Å². The first-order chi connectivity index (χ1) is 9.54. The largest absolute Gasteiger partial charge is 0.481 e. The van der Waals surface area contributed by atoms with Crippen LogP contribution in [0, 0.1) is 0 Å². The van der Waals surface area contributed by atoms with Crippen molar-refractivity contribution in [2.45, 2.75) is 51.0 Å². The summed E-state index contributed by atoms with van der Waals surface area (Å²) < 4.78 is 6.81. The molecule has 1 N–H and O–H groups in total. The van der Waals surface area contributed by atoms with Crippen molar-refractivity contribution in [2.24, 2.45) is 0 Å². The number of hydrogen-bond donors (Lipinski definition) is 1. The SMILES string of the molecule is CCC1(CCC(=O)O)CCCn2c(C(=O)OC)ccc21. The van der Waals surface area contributed by atoms with E-state index in [0.29, 0.717) is 12.1 Å². The van der Waals surface area contributed by atoms with Crippen LogP contribution in [0.1, 0.15) is 55.2 Å². The quantitative estimate of drug-likeness (QED) is 0.841. The fourth-order valence-corrected chi connectivity index (χ4v) is 3.29. The van der Waals surface area contributed by atoms with Crippen LogP contribution in [0.4, 0.5) is 0 Å². The molecule has 0 fully saturated rings. The number of hydrogen-bond acceptors (Lipinski definition) is 3. The topological polar surface area (TPSA) is 68.5 Å². The van der Waals surface area contributed by atoms with E-state index in [1.165, 1.54) is 7.11 Å². The Kier molecular flexibility index (Phi) is 4.16. The third-order valence-corrected chi connectivity index (χ3v) is 4.45. The Morgan fingerprint density at radius 2 is 2.20 bits per heavy atom. The summed E-state index contributed by atoms with van der Waals surface area (Å²) in [7, 11) is 1.38. The molecule has 1 unspecified atom stereocenters. The van der Waals surface area contributed by atoms with E-state index in [1.807, 2.05) is 10.6 Å². The molecule has 2 rings (SSSR count). The Labute approximate surface area is 118 Å². The summed E-state index contributed by atoms with van der Waals surface area (Å²) >= 11 is 0. The molecule has 0 saturated carbocycles. The molecule has 1 atom stereocenters. The van der Waals surface area contributed by atoms with Crippen molar-refractivity contribution in [1.82, 2.24) is 4.57 Å². The summed E-state index contributed by atoms with van der Waals surface area (Å²) in [4.78, 5) is 22.7. The second-order valence-corrected chi connectivity index (χ2v) is 5.38. The van der Waals surface area contributed by atoms with Gasteiger partial charge in [-0.05, 0) is 37.8 Å². The number of carbonyl (C=O) groups excluding carboxylic acids is 1. The molecule has 1 aliphatic heterocycles. The van der Waals surface area contributed by atoms with Gasteiger partial charge in [-0.25, -0.2) is 4.79 Å². The van der Waals surface area contributed by atoms with Gasteiger partial charge in [-0.2, -0.15) is 0 Å². The lowest BCUT2D eigenvalue weighted by molar-refractivity contribution is -0.137. The van der Waals surface area contributed by atoms with E-state index in [1.54, 1.807) is 6.07 Å². The molecule has 0 spiro atoms. The summed E-state index contributed by atoms with van der Waals surface area (Å²) in [5.41, 5.74) is 1.51. The van der Waals surface area contributed by atoms with Crippen molar-refractivity contribution < 1.29 is 19.4 Å². The van der Waals surface area contributed by atoms with E-state index in [4.69, 9.17) is 9.84 Å². The number of methoxy groups -OCH3 is 1. The normalized spacial score (nSPS) is 21.3. The molecule has 5 heteroatoms. The first kappa shape index (κ1) is 14.6. The van der Waals surface area contributed by atoms with Crippen molar-refractivity contribution in [3.63, 3.8) is 0 Å². The molecule has 0 aliphatic carbocycles. The van der Waals surface area contributed by atoms with Gasteiger partial charge < -0.3 is 14.4 Å². The van der Waals surface area contributed by atoms with Crippen LogP contribution in [0.25, 0.3) is 0 Å². The van der Waals surface area contributed by atoms with Gasteiger partial charge in [0.05, 0.1) is 7.11 Å². The summed E-state index contributed by atoms with van der Waals surface area (Å²) in [5.74, 6) is -1.10. The molecule has 5 nitrogen and oxygen atoms in total. The van der Waals surface area contributed by atoms with Crippen molar-refractivity contribution in [3.05, 3.63) is 23.5 Å². The van der Waals surface area contributed by atoms with Gasteiger partial charge in [0.25, 0.3) is 0 Å². The number of ether oxygens (including phenoxy) is 1. The molecule has 0 amide bonds. The Balaban J connectivity index is 2.38. The van der Waals surface area contributed by atoms with Gasteiger partial charge in [-0.3, -0.25) is 4.79 Å². The van der Waals surface area contributed by atoms with E-state index < -0.39 is 5.97 Å². The molecular weight excluding hydrogens is 258 g/mol. The molecule has 1 aliphatic rings. The molecule has 0 saturated heterocycles. The highest BCUT2D eigenvalue weighted by atomic mass is 16.5. The average Bonchev–Trinajstić information content (AvgIpc) is 2.89. The predicted molar refractivity (Wildman–Crippen MR) is 73.8 cm³/mol. The number of carbonyl (C=O) groups is 2. The van der Waals surface area contributed by atoms with Gasteiger partial charge in [-0.15, -0.1) is 0 Å². The summed E-state index contributed by atoms with van der Waals surface area (Å²) in [5, 5.41) is 8.95. The van der Waals surface area contributed by atoms with Crippen molar-refractivity contribution >= 4 is 11.9 Å². The van der Waals surface area contributed by atoms with E-state index in [2.05, 4.69) is 6.92 Å². The molecule has 20 heavy (non-hydrogen) atoms. The van der Waals surface area contributed by atoms with E-state index >= 15 is 0 Å². The van der Waals surface area contributed by atoms with E-state index in [-0.39, 0.29) is 17.8 Å². The average molecular weight is 279 g/mol. The Hall–Kier alpha value is -1.78.